The minimum atomic E-state index is -4.16. The molecule has 0 bridgehead atoms. The number of sulfonamides is 1. The van der Waals surface area contributed by atoms with Gasteiger partial charge in [0.1, 0.15) is 22.6 Å². The Bertz CT molecular complexity index is 853. The van der Waals surface area contributed by atoms with Gasteiger partial charge in [-0.2, -0.15) is 0 Å². The third-order valence-electron chi connectivity index (χ3n) is 4.17. The Morgan fingerprint density at radius 1 is 1.08 bits per heavy atom. The summed E-state index contributed by atoms with van der Waals surface area (Å²) in [5.74, 6) is -1.79. The molecule has 0 aliphatic heterocycles. The smallest absolute Gasteiger partial charge is 0.243 e. The van der Waals surface area contributed by atoms with Crippen molar-refractivity contribution in [3.63, 3.8) is 0 Å². The van der Waals surface area contributed by atoms with E-state index in [1.165, 1.54) is 0 Å². The maximum atomic E-state index is 13.8. The van der Waals surface area contributed by atoms with E-state index in [2.05, 4.69) is 4.72 Å². The SMILES string of the molecule is CN(C)c1ccc([C@H](CNS(=O)(=O)c2cc(F)ccc2F)[NH+](C)C)cc1. The van der Waals surface area contributed by atoms with Crippen molar-refractivity contribution in [1.82, 2.24) is 4.72 Å². The Morgan fingerprint density at radius 3 is 2.23 bits per heavy atom. The van der Waals surface area contributed by atoms with Crippen LogP contribution >= 0.6 is 0 Å². The lowest BCUT2D eigenvalue weighted by Crippen LogP contribution is -3.07. The normalized spacial score (nSPS) is 13.0. The number of benzene rings is 2. The zero-order valence-corrected chi connectivity index (χ0v) is 16.1. The topological polar surface area (TPSA) is 53.9 Å². The number of nitrogens with zero attached hydrogens (tertiary/aromatic N) is 1. The van der Waals surface area contributed by atoms with Crippen molar-refractivity contribution in [3.05, 3.63) is 59.7 Å². The minimum Gasteiger partial charge on any atom is -0.378 e. The molecule has 0 aliphatic carbocycles. The maximum Gasteiger partial charge on any atom is 0.243 e. The zero-order valence-electron chi connectivity index (χ0n) is 15.3. The number of anilines is 1. The van der Waals surface area contributed by atoms with Crippen molar-refractivity contribution in [2.75, 3.05) is 39.6 Å². The molecule has 0 radical (unpaired) electrons. The van der Waals surface area contributed by atoms with Gasteiger partial charge in [0.15, 0.2) is 0 Å². The summed E-state index contributed by atoms with van der Waals surface area (Å²) in [7, 11) is 3.52. The first-order chi connectivity index (χ1) is 12.1. The molecule has 0 amide bonds. The summed E-state index contributed by atoms with van der Waals surface area (Å²) in [6.45, 7) is 0.0575. The van der Waals surface area contributed by atoms with Gasteiger partial charge in [-0.05, 0) is 30.3 Å². The van der Waals surface area contributed by atoms with Crippen molar-refractivity contribution in [2.24, 2.45) is 0 Å². The van der Waals surface area contributed by atoms with E-state index in [-0.39, 0.29) is 12.6 Å². The first kappa shape index (κ1) is 20.3. The predicted molar refractivity (Wildman–Crippen MR) is 97.9 cm³/mol. The lowest BCUT2D eigenvalue weighted by atomic mass is 10.1. The van der Waals surface area contributed by atoms with Crippen LogP contribution in [0.2, 0.25) is 0 Å². The quantitative estimate of drug-likeness (QED) is 0.754. The second kappa shape index (κ2) is 8.11. The third-order valence-corrected chi connectivity index (χ3v) is 5.61. The highest BCUT2D eigenvalue weighted by Gasteiger charge is 2.24. The van der Waals surface area contributed by atoms with E-state index in [4.69, 9.17) is 0 Å². The van der Waals surface area contributed by atoms with Crippen molar-refractivity contribution >= 4 is 15.7 Å². The van der Waals surface area contributed by atoms with E-state index in [1.54, 1.807) is 0 Å². The summed E-state index contributed by atoms with van der Waals surface area (Å²) in [6.07, 6.45) is 0. The molecule has 2 rings (SSSR count). The molecule has 142 valence electrons. The molecule has 0 unspecified atom stereocenters. The van der Waals surface area contributed by atoms with Crippen LogP contribution in [0.1, 0.15) is 11.6 Å². The van der Waals surface area contributed by atoms with Gasteiger partial charge in [-0.25, -0.2) is 21.9 Å². The van der Waals surface area contributed by atoms with E-state index < -0.39 is 26.6 Å². The van der Waals surface area contributed by atoms with Gasteiger partial charge in [-0.1, -0.05) is 12.1 Å². The Balaban J connectivity index is 2.21. The van der Waals surface area contributed by atoms with E-state index in [0.29, 0.717) is 6.07 Å². The van der Waals surface area contributed by atoms with Crippen LogP contribution < -0.4 is 14.5 Å². The van der Waals surface area contributed by atoms with Gasteiger partial charge in [0, 0.05) is 25.3 Å². The first-order valence-corrected chi connectivity index (χ1v) is 9.62. The highest BCUT2D eigenvalue weighted by molar-refractivity contribution is 7.89. The number of nitrogens with one attached hydrogen (secondary N) is 2. The molecule has 0 saturated carbocycles. The van der Waals surface area contributed by atoms with Crippen LogP contribution in [0.3, 0.4) is 0 Å². The fraction of sp³-hybridized carbons (Fsp3) is 0.333. The average Bonchev–Trinajstić information content (AvgIpc) is 2.57. The first-order valence-electron chi connectivity index (χ1n) is 8.14. The Hall–Kier alpha value is -2.03. The number of quaternary nitrogens is 1. The number of likely N-dealkylation sites (N-methyl/N-ethyl adjacent to an activating group) is 1. The molecule has 0 saturated heterocycles. The van der Waals surface area contributed by atoms with Gasteiger partial charge >= 0.3 is 0 Å². The van der Waals surface area contributed by atoms with Crippen LogP contribution in [0.5, 0.6) is 0 Å². The second-order valence-electron chi connectivity index (χ2n) is 6.54. The minimum absolute atomic E-state index is 0.0575. The number of halogens is 2. The molecule has 0 aliphatic rings. The second-order valence-corrected chi connectivity index (χ2v) is 8.28. The van der Waals surface area contributed by atoms with Gasteiger partial charge in [-0.3, -0.25) is 0 Å². The maximum absolute atomic E-state index is 13.8. The van der Waals surface area contributed by atoms with Crippen molar-refractivity contribution < 1.29 is 22.1 Å². The van der Waals surface area contributed by atoms with Gasteiger partial charge < -0.3 is 9.80 Å². The standard InChI is InChI=1S/C18H23F2N3O2S/c1-22(2)15-8-5-13(6-9-15)17(23(3)4)12-21-26(24,25)18-11-14(19)7-10-16(18)20/h5-11,17,21H,12H2,1-4H3/p+1/t17-/m0/s1. The Morgan fingerprint density at radius 2 is 1.69 bits per heavy atom. The van der Waals surface area contributed by atoms with Gasteiger partial charge in [-0.15, -0.1) is 0 Å². The van der Waals surface area contributed by atoms with Crippen LogP contribution in [0.15, 0.2) is 47.4 Å². The van der Waals surface area contributed by atoms with E-state index >= 15 is 0 Å². The summed E-state index contributed by atoms with van der Waals surface area (Å²) in [5.41, 5.74) is 1.97. The molecular formula is C18H24F2N3O2S+. The molecule has 2 N–H and O–H groups in total. The fourth-order valence-electron chi connectivity index (χ4n) is 2.61. The highest BCUT2D eigenvalue weighted by Crippen LogP contribution is 2.18. The van der Waals surface area contributed by atoms with Crippen LogP contribution in [-0.4, -0.2) is 43.2 Å². The highest BCUT2D eigenvalue weighted by atomic mass is 32.2. The summed E-state index contributed by atoms with van der Waals surface area (Å²) in [4.78, 5) is 2.29. The summed E-state index contributed by atoms with van der Waals surface area (Å²) < 4.78 is 54.2. The third kappa shape index (κ3) is 4.78. The summed E-state index contributed by atoms with van der Waals surface area (Å²) in [5, 5.41) is 0. The average molecular weight is 384 g/mol. The van der Waals surface area contributed by atoms with Crippen LogP contribution in [-0.2, 0) is 10.0 Å². The van der Waals surface area contributed by atoms with Gasteiger partial charge in [0.25, 0.3) is 0 Å². The van der Waals surface area contributed by atoms with Gasteiger partial charge in [0.2, 0.25) is 10.0 Å². The van der Waals surface area contributed by atoms with E-state index in [0.717, 1.165) is 28.3 Å². The summed E-state index contributed by atoms with van der Waals surface area (Å²) in [6, 6.07) is 9.96. The molecule has 1 atom stereocenters. The lowest BCUT2D eigenvalue weighted by Gasteiger charge is -2.23. The monoisotopic (exact) mass is 384 g/mol. The molecule has 8 heteroatoms. The molecule has 0 aromatic heterocycles. The zero-order chi connectivity index (χ0) is 19.5. The molecular weight excluding hydrogens is 360 g/mol. The van der Waals surface area contributed by atoms with E-state index in [1.807, 2.05) is 57.4 Å². The molecule has 5 nitrogen and oxygen atoms in total. The fourth-order valence-corrected chi connectivity index (χ4v) is 3.75. The van der Waals surface area contributed by atoms with Crippen molar-refractivity contribution in [3.8, 4) is 0 Å². The molecule has 0 fully saturated rings. The number of rotatable bonds is 7. The van der Waals surface area contributed by atoms with Crippen molar-refractivity contribution in [1.29, 1.82) is 0 Å². The molecule has 2 aromatic carbocycles. The number of hydrogen-bond acceptors (Lipinski definition) is 3. The largest absolute Gasteiger partial charge is 0.378 e. The molecule has 0 heterocycles. The lowest BCUT2D eigenvalue weighted by molar-refractivity contribution is -0.890. The molecule has 0 spiro atoms. The Kier molecular flexibility index (Phi) is 6.33. The molecule has 26 heavy (non-hydrogen) atoms. The van der Waals surface area contributed by atoms with Crippen molar-refractivity contribution in [2.45, 2.75) is 10.9 Å². The Labute approximate surface area is 153 Å². The molecule has 2 aromatic rings. The van der Waals surface area contributed by atoms with Gasteiger partial charge in [0.05, 0.1) is 20.6 Å². The van der Waals surface area contributed by atoms with Crippen LogP contribution in [0.25, 0.3) is 0 Å². The number of hydrogen-bond donors (Lipinski definition) is 2. The summed E-state index contributed by atoms with van der Waals surface area (Å²) >= 11 is 0. The van der Waals surface area contributed by atoms with Crippen LogP contribution in [0, 0.1) is 11.6 Å². The van der Waals surface area contributed by atoms with Crippen LogP contribution in [0.4, 0.5) is 14.5 Å². The van der Waals surface area contributed by atoms with E-state index in [9.17, 15) is 17.2 Å². The predicted octanol–water partition coefficient (Wildman–Crippen LogP) is 1.19.